The Kier molecular flexibility index (Phi) is 6.05. The minimum atomic E-state index is -0.523. The fourth-order valence-corrected chi connectivity index (χ4v) is 2.89. The predicted octanol–water partition coefficient (Wildman–Crippen LogP) is 3.95. The second-order valence-corrected chi connectivity index (χ2v) is 6.13. The number of carbonyl (C=O) groups is 2. The fourth-order valence-electron chi connectivity index (χ4n) is 2.89. The third-order valence-electron chi connectivity index (χ3n) is 4.32. The topological polar surface area (TPSA) is 59.8 Å². The third kappa shape index (κ3) is 4.64. The van der Waals surface area contributed by atoms with Crippen molar-refractivity contribution in [1.29, 1.82) is 0 Å². The summed E-state index contributed by atoms with van der Waals surface area (Å²) in [6.07, 6.45) is 3.91. The summed E-state index contributed by atoms with van der Waals surface area (Å²) in [7, 11) is 1.31. The quantitative estimate of drug-likeness (QED) is 0.596. The van der Waals surface area contributed by atoms with Gasteiger partial charge in [0.25, 0.3) is 5.91 Å². The molecule has 0 bridgehead atoms. The first-order chi connectivity index (χ1) is 13.2. The Morgan fingerprint density at radius 2 is 1.63 bits per heavy atom. The zero-order chi connectivity index (χ0) is 19.1. The van der Waals surface area contributed by atoms with Crippen molar-refractivity contribution in [1.82, 2.24) is 4.90 Å². The molecule has 27 heavy (non-hydrogen) atoms. The van der Waals surface area contributed by atoms with E-state index < -0.39 is 5.97 Å². The second kappa shape index (κ2) is 8.85. The Morgan fingerprint density at radius 1 is 0.926 bits per heavy atom. The van der Waals surface area contributed by atoms with Crippen molar-refractivity contribution in [2.45, 2.75) is 13.0 Å². The molecule has 0 N–H and O–H groups in total. The first-order valence-electron chi connectivity index (χ1n) is 8.70. The van der Waals surface area contributed by atoms with E-state index in [1.54, 1.807) is 41.7 Å². The van der Waals surface area contributed by atoms with Crippen LogP contribution in [0.15, 0.2) is 77.6 Å². The van der Waals surface area contributed by atoms with Gasteiger partial charge in [-0.05, 0) is 30.2 Å². The van der Waals surface area contributed by atoms with E-state index in [2.05, 4.69) is 0 Å². The van der Waals surface area contributed by atoms with Crippen molar-refractivity contribution < 1.29 is 18.7 Å². The van der Waals surface area contributed by atoms with Gasteiger partial charge in [0.05, 0.1) is 30.8 Å². The molecule has 0 aliphatic carbocycles. The molecule has 0 radical (unpaired) electrons. The smallest absolute Gasteiger partial charge is 0.338 e. The van der Waals surface area contributed by atoms with Crippen molar-refractivity contribution in [2.24, 2.45) is 0 Å². The first-order valence-corrected chi connectivity index (χ1v) is 8.70. The molecule has 0 fully saturated rings. The lowest BCUT2D eigenvalue weighted by atomic mass is 10.1. The number of benzene rings is 2. The third-order valence-corrected chi connectivity index (χ3v) is 4.32. The number of methoxy groups -OCH3 is 1. The van der Waals surface area contributed by atoms with Gasteiger partial charge < -0.3 is 14.1 Å². The predicted molar refractivity (Wildman–Crippen MR) is 101 cm³/mol. The Bertz CT molecular complexity index is 888. The van der Waals surface area contributed by atoms with Gasteiger partial charge in [0.1, 0.15) is 0 Å². The summed E-state index contributed by atoms with van der Waals surface area (Å²) < 4.78 is 9.95. The van der Waals surface area contributed by atoms with E-state index in [9.17, 15) is 9.59 Å². The van der Waals surface area contributed by atoms with Gasteiger partial charge in [-0.1, -0.05) is 42.5 Å². The summed E-state index contributed by atoms with van der Waals surface area (Å²) in [6.45, 7) is 0.918. The van der Waals surface area contributed by atoms with Gasteiger partial charge in [0.15, 0.2) is 0 Å². The molecule has 5 heteroatoms. The number of amides is 1. The van der Waals surface area contributed by atoms with Crippen LogP contribution in [-0.4, -0.2) is 30.4 Å². The molecule has 0 saturated carbocycles. The molecular formula is C22H21NO4. The average Bonchev–Trinajstić information content (AvgIpc) is 3.24. The molecule has 0 spiro atoms. The highest BCUT2D eigenvalue weighted by atomic mass is 16.5. The average molecular weight is 363 g/mol. The molecule has 1 aromatic heterocycles. The SMILES string of the molecule is COC(=O)c1ccccc1C(=O)N(CCc1ccccc1)Cc1ccoc1. The maximum atomic E-state index is 13.2. The number of hydrogen-bond donors (Lipinski definition) is 0. The molecule has 0 saturated heterocycles. The molecule has 5 nitrogen and oxygen atoms in total. The maximum absolute atomic E-state index is 13.2. The van der Waals surface area contributed by atoms with Crippen LogP contribution in [-0.2, 0) is 17.7 Å². The van der Waals surface area contributed by atoms with Gasteiger partial charge in [-0.15, -0.1) is 0 Å². The molecule has 3 rings (SSSR count). The van der Waals surface area contributed by atoms with E-state index >= 15 is 0 Å². The zero-order valence-electron chi connectivity index (χ0n) is 15.1. The highest BCUT2D eigenvalue weighted by Gasteiger charge is 2.22. The van der Waals surface area contributed by atoms with Gasteiger partial charge in [0.2, 0.25) is 0 Å². The molecule has 138 valence electrons. The molecular weight excluding hydrogens is 342 g/mol. The minimum absolute atomic E-state index is 0.215. The molecule has 1 heterocycles. The number of hydrogen-bond acceptors (Lipinski definition) is 4. The standard InChI is InChI=1S/C22H21NO4/c1-26-22(25)20-10-6-5-9-19(20)21(24)23(15-18-12-14-27-16-18)13-11-17-7-3-2-4-8-17/h2-10,12,14,16H,11,13,15H2,1H3. The second-order valence-electron chi connectivity index (χ2n) is 6.13. The van der Waals surface area contributed by atoms with Crippen molar-refractivity contribution >= 4 is 11.9 Å². The van der Waals surface area contributed by atoms with Gasteiger partial charge in [-0.2, -0.15) is 0 Å². The lowest BCUT2D eigenvalue weighted by molar-refractivity contribution is 0.0589. The van der Waals surface area contributed by atoms with Crippen molar-refractivity contribution in [3.63, 3.8) is 0 Å². The number of carbonyl (C=O) groups excluding carboxylic acids is 2. The molecule has 3 aromatic rings. The van der Waals surface area contributed by atoms with E-state index in [1.165, 1.54) is 7.11 Å². The summed E-state index contributed by atoms with van der Waals surface area (Å²) in [5, 5.41) is 0. The van der Waals surface area contributed by atoms with Crippen LogP contribution in [0.1, 0.15) is 31.8 Å². The molecule has 0 unspecified atom stereocenters. The molecule has 0 aliphatic rings. The van der Waals surface area contributed by atoms with Crippen LogP contribution < -0.4 is 0 Å². The first kappa shape index (κ1) is 18.5. The van der Waals surface area contributed by atoms with E-state index in [4.69, 9.17) is 9.15 Å². The van der Waals surface area contributed by atoms with Crippen LogP contribution in [0, 0.1) is 0 Å². The summed E-state index contributed by atoms with van der Waals surface area (Å²) in [5.41, 5.74) is 2.64. The highest BCUT2D eigenvalue weighted by Crippen LogP contribution is 2.16. The van der Waals surface area contributed by atoms with Crippen molar-refractivity contribution in [3.8, 4) is 0 Å². The fraction of sp³-hybridized carbons (Fsp3) is 0.182. The number of nitrogens with zero attached hydrogens (tertiary/aromatic N) is 1. The number of rotatable bonds is 7. The van der Waals surface area contributed by atoms with Crippen molar-refractivity contribution in [3.05, 3.63) is 95.4 Å². The van der Waals surface area contributed by atoms with Gasteiger partial charge >= 0.3 is 5.97 Å². The summed E-state index contributed by atoms with van der Waals surface area (Å²) in [5.74, 6) is -0.738. The minimum Gasteiger partial charge on any atom is -0.472 e. The number of furan rings is 1. The van der Waals surface area contributed by atoms with Crippen LogP contribution in [0.3, 0.4) is 0 Å². The molecule has 1 amide bonds. The largest absolute Gasteiger partial charge is 0.472 e. The van der Waals surface area contributed by atoms with Crippen LogP contribution in [0.5, 0.6) is 0 Å². The van der Waals surface area contributed by atoms with Crippen LogP contribution in [0.2, 0.25) is 0 Å². The number of esters is 1. The highest BCUT2D eigenvalue weighted by molar-refractivity contribution is 6.05. The summed E-state index contributed by atoms with van der Waals surface area (Å²) >= 11 is 0. The molecule has 2 aromatic carbocycles. The van der Waals surface area contributed by atoms with Gasteiger partial charge in [-0.3, -0.25) is 4.79 Å². The van der Waals surface area contributed by atoms with E-state index in [0.717, 1.165) is 11.1 Å². The van der Waals surface area contributed by atoms with Crippen LogP contribution in [0.25, 0.3) is 0 Å². The van der Waals surface area contributed by atoms with Gasteiger partial charge in [0, 0.05) is 18.7 Å². The van der Waals surface area contributed by atoms with E-state index in [-0.39, 0.29) is 11.5 Å². The zero-order valence-corrected chi connectivity index (χ0v) is 15.1. The molecule has 0 atom stereocenters. The van der Waals surface area contributed by atoms with Crippen molar-refractivity contribution in [2.75, 3.05) is 13.7 Å². The summed E-state index contributed by atoms with van der Waals surface area (Å²) in [6, 6.07) is 18.5. The normalized spacial score (nSPS) is 10.4. The Balaban J connectivity index is 1.85. The number of ether oxygens (including phenoxy) is 1. The summed E-state index contributed by atoms with van der Waals surface area (Å²) in [4.78, 5) is 27.0. The lowest BCUT2D eigenvalue weighted by Crippen LogP contribution is -2.33. The maximum Gasteiger partial charge on any atom is 0.338 e. The Morgan fingerprint density at radius 3 is 2.30 bits per heavy atom. The van der Waals surface area contributed by atoms with E-state index in [0.29, 0.717) is 25.1 Å². The van der Waals surface area contributed by atoms with Gasteiger partial charge in [-0.25, -0.2) is 4.79 Å². The Hall–Kier alpha value is -3.34. The van der Waals surface area contributed by atoms with Crippen LogP contribution >= 0.6 is 0 Å². The monoisotopic (exact) mass is 363 g/mol. The lowest BCUT2D eigenvalue weighted by Gasteiger charge is -2.23. The molecule has 0 aliphatic heterocycles. The van der Waals surface area contributed by atoms with Crippen LogP contribution in [0.4, 0.5) is 0 Å². The van der Waals surface area contributed by atoms with E-state index in [1.807, 2.05) is 36.4 Å². The Labute approximate surface area is 158 Å².